The highest BCUT2D eigenvalue weighted by molar-refractivity contribution is 6.00. The quantitative estimate of drug-likeness (QED) is 0.601. The lowest BCUT2D eigenvalue weighted by Gasteiger charge is -2.42. The van der Waals surface area contributed by atoms with Gasteiger partial charge in [0.2, 0.25) is 5.91 Å². The molecule has 2 fully saturated rings. The van der Waals surface area contributed by atoms with E-state index in [1.54, 1.807) is 0 Å². The molecular weight excluding hydrogens is 194 g/mol. The van der Waals surface area contributed by atoms with E-state index in [1.165, 1.54) is 0 Å². The number of Topliss-reactive ketones (excluding diaryl/α,β-unsaturated/α-hetero) is 1. The van der Waals surface area contributed by atoms with Gasteiger partial charge in [-0.1, -0.05) is 0 Å². The second-order valence-electron chi connectivity index (χ2n) is 4.63. The minimum atomic E-state index is -0.211. The molecule has 0 saturated carbocycles. The fraction of sp³-hybridized carbons (Fsp3) is 0.818. The number of nitrogens with zero attached hydrogens (tertiary/aromatic N) is 1. The lowest BCUT2D eigenvalue weighted by atomic mass is 9.89. The molecule has 15 heavy (non-hydrogen) atoms. The molecule has 4 heteroatoms. The van der Waals surface area contributed by atoms with Crippen LogP contribution >= 0.6 is 0 Å². The van der Waals surface area contributed by atoms with E-state index >= 15 is 0 Å². The minimum absolute atomic E-state index is 0.0360. The highest BCUT2D eigenvalue weighted by Gasteiger charge is 2.45. The lowest BCUT2D eigenvalue weighted by Crippen LogP contribution is -2.56. The summed E-state index contributed by atoms with van der Waals surface area (Å²) in [4.78, 5) is 24.8. The monoisotopic (exact) mass is 211 g/mol. The number of carbonyl (C=O) groups excluding carboxylic acids is 2. The molecule has 2 atom stereocenters. The van der Waals surface area contributed by atoms with Crippen LogP contribution in [0.1, 0.15) is 33.1 Å². The maximum absolute atomic E-state index is 11.8. The van der Waals surface area contributed by atoms with Crippen LogP contribution in [-0.4, -0.2) is 41.4 Å². The maximum atomic E-state index is 11.8. The standard InChI is InChI=1S/C11H17NO3/c1-8-11(2,4-6-15-8)12-5-3-9(13)7-10(12)14/h8H,3-7H2,1-2H3. The molecular formula is C11H17NO3. The van der Waals surface area contributed by atoms with Crippen molar-refractivity contribution in [1.29, 1.82) is 0 Å². The first-order chi connectivity index (χ1) is 7.04. The summed E-state index contributed by atoms with van der Waals surface area (Å²) in [5.74, 6) is 0.0255. The number of hydrogen-bond donors (Lipinski definition) is 0. The molecule has 2 saturated heterocycles. The summed E-state index contributed by atoms with van der Waals surface area (Å²) in [6.45, 7) is 5.31. The zero-order valence-corrected chi connectivity index (χ0v) is 9.28. The number of carbonyl (C=O) groups is 2. The van der Waals surface area contributed by atoms with Crippen LogP contribution in [0.3, 0.4) is 0 Å². The number of piperidine rings is 1. The van der Waals surface area contributed by atoms with E-state index in [1.807, 2.05) is 11.8 Å². The van der Waals surface area contributed by atoms with E-state index in [0.29, 0.717) is 19.6 Å². The van der Waals surface area contributed by atoms with Gasteiger partial charge in [-0.15, -0.1) is 0 Å². The van der Waals surface area contributed by atoms with Crippen LogP contribution in [0.5, 0.6) is 0 Å². The van der Waals surface area contributed by atoms with E-state index < -0.39 is 0 Å². The second kappa shape index (κ2) is 3.59. The van der Waals surface area contributed by atoms with Gasteiger partial charge < -0.3 is 9.64 Å². The Kier molecular flexibility index (Phi) is 2.54. The van der Waals surface area contributed by atoms with Crippen molar-refractivity contribution in [3.8, 4) is 0 Å². The predicted octanol–water partition coefficient (Wildman–Crippen LogP) is 0.745. The number of ketones is 1. The highest BCUT2D eigenvalue weighted by atomic mass is 16.5. The van der Waals surface area contributed by atoms with Gasteiger partial charge in [-0.3, -0.25) is 9.59 Å². The molecule has 0 bridgehead atoms. The Morgan fingerprint density at radius 1 is 1.47 bits per heavy atom. The van der Waals surface area contributed by atoms with Crippen LogP contribution < -0.4 is 0 Å². The molecule has 2 rings (SSSR count). The van der Waals surface area contributed by atoms with Crippen molar-refractivity contribution in [3.05, 3.63) is 0 Å². The van der Waals surface area contributed by atoms with Crippen LogP contribution in [0, 0.1) is 0 Å². The average Bonchev–Trinajstić information content (AvgIpc) is 2.47. The Morgan fingerprint density at radius 2 is 2.20 bits per heavy atom. The van der Waals surface area contributed by atoms with Crippen molar-refractivity contribution in [3.63, 3.8) is 0 Å². The Balaban J connectivity index is 2.16. The fourth-order valence-corrected chi connectivity index (χ4v) is 2.43. The molecule has 0 aliphatic carbocycles. The van der Waals surface area contributed by atoms with Crippen LogP contribution in [0.2, 0.25) is 0 Å². The molecule has 2 unspecified atom stereocenters. The molecule has 0 spiro atoms. The largest absolute Gasteiger partial charge is 0.376 e. The average molecular weight is 211 g/mol. The maximum Gasteiger partial charge on any atom is 0.230 e. The molecule has 1 amide bonds. The second-order valence-corrected chi connectivity index (χ2v) is 4.63. The Hall–Kier alpha value is -0.900. The highest BCUT2D eigenvalue weighted by Crippen LogP contribution is 2.33. The molecule has 2 aliphatic heterocycles. The van der Waals surface area contributed by atoms with Gasteiger partial charge in [0.25, 0.3) is 0 Å². The van der Waals surface area contributed by atoms with Gasteiger partial charge >= 0.3 is 0 Å². The smallest absolute Gasteiger partial charge is 0.230 e. The number of amides is 1. The summed E-state index contributed by atoms with van der Waals surface area (Å²) in [6.07, 6.45) is 1.50. The Morgan fingerprint density at radius 3 is 2.73 bits per heavy atom. The number of hydrogen-bond acceptors (Lipinski definition) is 3. The van der Waals surface area contributed by atoms with Gasteiger partial charge in [-0.25, -0.2) is 0 Å². The number of rotatable bonds is 1. The molecule has 0 N–H and O–H groups in total. The van der Waals surface area contributed by atoms with Crippen LogP contribution in [0.15, 0.2) is 0 Å². The van der Waals surface area contributed by atoms with Gasteiger partial charge in [-0.05, 0) is 20.3 Å². The van der Waals surface area contributed by atoms with Crippen LogP contribution in [0.4, 0.5) is 0 Å². The Bertz CT molecular complexity index is 302. The first-order valence-electron chi connectivity index (χ1n) is 5.48. The molecule has 84 valence electrons. The van der Waals surface area contributed by atoms with Crippen LogP contribution in [0.25, 0.3) is 0 Å². The lowest BCUT2D eigenvalue weighted by molar-refractivity contribution is -0.146. The summed E-state index contributed by atoms with van der Waals surface area (Å²) in [6, 6.07) is 0. The van der Waals surface area contributed by atoms with Crippen molar-refractivity contribution in [2.45, 2.75) is 44.8 Å². The van der Waals surface area contributed by atoms with Crippen molar-refractivity contribution in [2.24, 2.45) is 0 Å². The number of likely N-dealkylation sites (tertiary alicyclic amines) is 1. The first kappa shape index (κ1) is 10.6. The van der Waals surface area contributed by atoms with Crippen molar-refractivity contribution < 1.29 is 14.3 Å². The third-order valence-corrected chi connectivity index (χ3v) is 3.73. The Labute approximate surface area is 89.6 Å². The molecule has 0 aromatic rings. The van der Waals surface area contributed by atoms with E-state index in [-0.39, 0.29) is 29.8 Å². The number of ether oxygens (including phenoxy) is 1. The van der Waals surface area contributed by atoms with Gasteiger partial charge in [0.1, 0.15) is 5.78 Å². The molecule has 2 aliphatic rings. The van der Waals surface area contributed by atoms with Crippen LogP contribution in [-0.2, 0) is 14.3 Å². The summed E-state index contributed by atoms with van der Waals surface area (Å²) < 4.78 is 5.52. The minimum Gasteiger partial charge on any atom is -0.376 e. The van der Waals surface area contributed by atoms with Gasteiger partial charge in [0, 0.05) is 19.6 Å². The summed E-state index contributed by atoms with van der Waals surface area (Å²) in [7, 11) is 0. The molecule has 0 aromatic carbocycles. The van der Waals surface area contributed by atoms with Gasteiger partial charge in [-0.2, -0.15) is 0 Å². The summed E-state index contributed by atoms with van der Waals surface area (Å²) >= 11 is 0. The fourth-order valence-electron chi connectivity index (χ4n) is 2.43. The van der Waals surface area contributed by atoms with E-state index in [4.69, 9.17) is 4.74 Å². The van der Waals surface area contributed by atoms with Crippen molar-refractivity contribution >= 4 is 11.7 Å². The van der Waals surface area contributed by atoms with E-state index in [0.717, 1.165) is 6.42 Å². The third-order valence-electron chi connectivity index (χ3n) is 3.73. The zero-order valence-electron chi connectivity index (χ0n) is 9.28. The van der Waals surface area contributed by atoms with Crippen molar-refractivity contribution in [2.75, 3.05) is 13.2 Å². The summed E-state index contributed by atoms with van der Waals surface area (Å²) in [5, 5.41) is 0. The van der Waals surface area contributed by atoms with E-state index in [9.17, 15) is 9.59 Å². The SMILES string of the molecule is CC1OCCC1(C)N1CCC(=O)CC1=O. The summed E-state index contributed by atoms with van der Waals surface area (Å²) in [5.41, 5.74) is -0.211. The predicted molar refractivity (Wildman–Crippen MR) is 54.4 cm³/mol. The molecule has 0 aromatic heterocycles. The molecule has 0 radical (unpaired) electrons. The normalized spacial score (nSPS) is 37.5. The van der Waals surface area contributed by atoms with Gasteiger partial charge in [0.15, 0.2) is 0 Å². The van der Waals surface area contributed by atoms with Gasteiger partial charge in [0.05, 0.1) is 18.1 Å². The molecule has 4 nitrogen and oxygen atoms in total. The van der Waals surface area contributed by atoms with Crippen molar-refractivity contribution in [1.82, 2.24) is 4.90 Å². The zero-order chi connectivity index (χ0) is 11.1. The first-order valence-corrected chi connectivity index (χ1v) is 5.48. The van der Waals surface area contributed by atoms with E-state index in [2.05, 4.69) is 6.92 Å². The molecule has 2 heterocycles. The third kappa shape index (κ3) is 1.67. The topological polar surface area (TPSA) is 46.6 Å².